The molecule has 2 aromatic rings. The van der Waals surface area contributed by atoms with Crippen molar-refractivity contribution in [3.05, 3.63) is 65.2 Å². The van der Waals surface area contributed by atoms with Gasteiger partial charge >= 0.3 is 6.03 Å². The van der Waals surface area contributed by atoms with Gasteiger partial charge in [-0.15, -0.1) is 0 Å². The van der Waals surface area contributed by atoms with Crippen molar-refractivity contribution < 1.29 is 9.90 Å². The average Bonchev–Trinajstić information content (AvgIpc) is 2.53. The Morgan fingerprint density at radius 3 is 2.77 bits per heavy atom. The fourth-order valence-corrected chi connectivity index (χ4v) is 2.10. The quantitative estimate of drug-likeness (QED) is 0.810. The second-order valence-electron chi connectivity index (χ2n) is 4.90. The normalized spacial score (nSPS) is 11.3. The van der Waals surface area contributed by atoms with Gasteiger partial charge in [0.1, 0.15) is 0 Å². The molecular weight excluding hydrogens is 278 g/mol. The van der Waals surface area contributed by atoms with Crippen LogP contribution in [0.1, 0.15) is 22.8 Å². The molecule has 0 aromatic heterocycles. The highest BCUT2D eigenvalue weighted by molar-refractivity contribution is 5.89. The van der Waals surface area contributed by atoms with Gasteiger partial charge in [0.15, 0.2) is 0 Å². The van der Waals surface area contributed by atoms with Gasteiger partial charge in [-0.25, -0.2) is 4.79 Å². The van der Waals surface area contributed by atoms with Crippen LogP contribution in [0.3, 0.4) is 0 Å². The molecule has 0 spiro atoms. The maximum Gasteiger partial charge on any atom is 0.319 e. The molecule has 2 amide bonds. The van der Waals surface area contributed by atoms with Gasteiger partial charge in [0.05, 0.1) is 17.7 Å². The Labute approximate surface area is 129 Å². The minimum absolute atomic E-state index is 0.106. The van der Waals surface area contributed by atoms with Crippen molar-refractivity contribution in [3.63, 3.8) is 0 Å². The van der Waals surface area contributed by atoms with E-state index in [1.54, 1.807) is 24.3 Å². The highest BCUT2D eigenvalue weighted by Crippen LogP contribution is 2.16. The molecule has 5 nitrogen and oxygen atoms in total. The third-order valence-corrected chi connectivity index (χ3v) is 3.25. The van der Waals surface area contributed by atoms with E-state index in [9.17, 15) is 9.90 Å². The topological polar surface area (TPSA) is 85.2 Å². The number of amides is 2. The van der Waals surface area contributed by atoms with Crippen LogP contribution in [0.4, 0.5) is 10.5 Å². The lowest BCUT2D eigenvalue weighted by atomic mass is 10.0. The Kier molecular flexibility index (Phi) is 5.12. The van der Waals surface area contributed by atoms with Crippen LogP contribution in [0.2, 0.25) is 0 Å². The van der Waals surface area contributed by atoms with Gasteiger partial charge in [-0.3, -0.25) is 0 Å². The van der Waals surface area contributed by atoms with Gasteiger partial charge in [0.2, 0.25) is 0 Å². The van der Waals surface area contributed by atoms with Crippen molar-refractivity contribution in [2.45, 2.75) is 13.0 Å². The predicted molar refractivity (Wildman–Crippen MR) is 84.3 cm³/mol. The fourth-order valence-electron chi connectivity index (χ4n) is 2.10. The number of benzene rings is 2. The molecule has 22 heavy (non-hydrogen) atoms. The van der Waals surface area contributed by atoms with Crippen LogP contribution in [0, 0.1) is 18.3 Å². The molecule has 3 N–H and O–H groups in total. The van der Waals surface area contributed by atoms with Crippen LogP contribution in [-0.4, -0.2) is 17.7 Å². The summed E-state index contributed by atoms with van der Waals surface area (Å²) in [5, 5.41) is 24.2. The highest BCUT2D eigenvalue weighted by Gasteiger charge is 2.11. The summed E-state index contributed by atoms with van der Waals surface area (Å²) in [6, 6.07) is 15.7. The Morgan fingerprint density at radius 2 is 2.05 bits per heavy atom. The molecule has 0 aliphatic rings. The monoisotopic (exact) mass is 295 g/mol. The summed E-state index contributed by atoms with van der Waals surface area (Å²) in [5.74, 6) is 0. The number of carbonyl (C=O) groups is 1. The number of aryl methyl sites for hydroxylation is 1. The standard InChI is InChI=1S/C17H17N3O2/c1-12-5-2-3-8-15(12)16(21)11-19-17(22)20-14-7-4-6-13(9-14)10-18/h2-9,16,21H,11H2,1H3,(H2,19,20,22). The van der Waals surface area contributed by atoms with Crippen LogP contribution >= 0.6 is 0 Å². The summed E-state index contributed by atoms with van der Waals surface area (Å²) >= 11 is 0. The van der Waals surface area contributed by atoms with E-state index in [1.807, 2.05) is 37.3 Å². The first-order chi connectivity index (χ1) is 10.6. The van der Waals surface area contributed by atoms with Gasteiger partial charge in [-0.1, -0.05) is 30.3 Å². The Morgan fingerprint density at radius 1 is 1.27 bits per heavy atom. The molecule has 0 heterocycles. The zero-order valence-electron chi connectivity index (χ0n) is 12.2. The molecule has 0 aliphatic heterocycles. The first-order valence-electron chi connectivity index (χ1n) is 6.89. The van der Waals surface area contributed by atoms with Crippen molar-refractivity contribution in [2.24, 2.45) is 0 Å². The maximum absolute atomic E-state index is 11.8. The Balaban J connectivity index is 1.90. The van der Waals surface area contributed by atoms with Gasteiger partial charge < -0.3 is 15.7 Å². The summed E-state index contributed by atoms with van der Waals surface area (Å²) in [6.07, 6.45) is -0.766. The molecule has 0 saturated carbocycles. The molecule has 0 bridgehead atoms. The fraction of sp³-hybridized carbons (Fsp3) is 0.176. The summed E-state index contributed by atoms with van der Waals surface area (Å²) in [5.41, 5.74) is 2.76. The lowest BCUT2D eigenvalue weighted by Gasteiger charge is -2.15. The van der Waals surface area contributed by atoms with Gasteiger partial charge in [0.25, 0.3) is 0 Å². The second kappa shape index (κ2) is 7.25. The largest absolute Gasteiger partial charge is 0.387 e. The van der Waals surface area contributed by atoms with E-state index < -0.39 is 12.1 Å². The molecule has 0 fully saturated rings. The van der Waals surface area contributed by atoms with Crippen molar-refractivity contribution in [1.82, 2.24) is 5.32 Å². The molecule has 0 radical (unpaired) electrons. The van der Waals surface area contributed by atoms with Crippen LogP contribution in [0.25, 0.3) is 0 Å². The molecule has 5 heteroatoms. The van der Waals surface area contributed by atoms with E-state index in [2.05, 4.69) is 10.6 Å². The lowest BCUT2D eigenvalue weighted by Crippen LogP contribution is -2.32. The minimum Gasteiger partial charge on any atom is -0.387 e. The molecule has 1 atom stereocenters. The number of hydrogen-bond acceptors (Lipinski definition) is 3. The van der Waals surface area contributed by atoms with Crippen LogP contribution in [0.5, 0.6) is 0 Å². The van der Waals surface area contributed by atoms with E-state index in [0.717, 1.165) is 11.1 Å². The first-order valence-corrected chi connectivity index (χ1v) is 6.89. The molecule has 1 unspecified atom stereocenters. The first kappa shape index (κ1) is 15.5. The lowest BCUT2D eigenvalue weighted by molar-refractivity contribution is 0.174. The number of rotatable bonds is 4. The molecule has 112 valence electrons. The number of carbonyl (C=O) groups excluding carboxylic acids is 1. The van der Waals surface area contributed by atoms with Gasteiger partial charge in [0, 0.05) is 12.2 Å². The van der Waals surface area contributed by atoms with Crippen LogP contribution < -0.4 is 10.6 Å². The number of nitrogens with zero attached hydrogens (tertiary/aromatic N) is 1. The smallest absolute Gasteiger partial charge is 0.319 e. The Bertz CT molecular complexity index is 707. The SMILES string of the molecule is Cc1ccccc1C(O)CNC(=O)Nc1cccc(C#N)c1. The zero-order valence-corrected chi connectivity index (χ0v) is 12.2. The van der Waals surface area contributed by atoms with E-state index in [4.69, 9.17) is 5.26 Å². The second-order valence-corrected chi connectivity index (χ2v) is 4.90. The van der Waals surface area contributed by atoms with Crippen molar-refractivity contribution in [2.75, 3.05) is 11.9 Å². The van der Waals surface area contributed by atoms with Crippen LogP contribution in [0.15, 0.2) is 48.5 Å². The molecule has 0 aliphatic carbocycles. The van der Waals surface area contributed by atoms with Crippen LogP contribution in [-0.2, 0) is 0 Å². The summed E-state index contributed by atoms with van der Waals surface area (Å²) in [4.78, 5) is 11.8. The van der Waals surface area contributed by atoms with E-state index >= 15 is 0 Å². The highest BCUT2D eigenvalue weighted by atomic mass is 16.3. The van der Waals surface area contributed by atoms with E-state index in [-0.39, 0.29) is 6.54 Å². The predicted octanol–water partition coefficient (Wildman–Crippen LogP) is 2.72. The Hall–Kier alpha value is -2.84. The molecule has 0 saturated heterocycles. The zero-order chi connectivity index (χ0) is 15.9. The number of aliphatic hydroxyl groups is 1. The molecule has 2 aromatic carbocycles. The summed E-state index contributed by atoms with van der Waals surface area (Å²) < 4.78 is 0. The number of urea groups is 1. The van der Waals surface area contributed by atoms with E-state index in [0.29, 0.717) is 11.3 Å². The third kappa shape index (κ3) is 4.08. The number of hydrogen-bond donors (Lipinski definition) is 3. The van der Waals surface area contributed by atoms with Crippen molar-refractivity contribution in [3.8, 4) is 6.07 Å². The average molecular weight is 295 g/mol. The summed E-state index contributed by atoms with van der Waals surface area (Å²) in [6.45, 7) is 2.01. The van der Waals surface area contributed by atoms with Gasteiger partial charge in [-0.2, -0.15) is 5.26 Å². The number of nitrogens with one attached hydrogen (secondary N) is 2. The van der Waals surface area contributed by atoms with Gasteiger partial charge in [-0.05, 0) is 36.2 Å². The maximum atomic E-state index is 11.8. The number of aliphatic hydroxyl groups excluding tert-OH is 1. The molecule has 2 rings (SSSR count). The molecular formula is C17H17N3O2. The number of nitriles is 1. The summed E-state index contributed by atoms with van der Waals surface area (Å²) in [7, 11) is 0. The minimum atomic E-state index is -0.766. The third-order valence-electron chi connectivity index (χ3n) is 3.25. The van der Waals surface area contributed by atoms with Crippen molar-refractivity contribution >= 4 is 11.7 Å². The van der Waals surface area contributed by atoms with E-state index in [1.165, 1.54) is 0 Å². The van der Waals surface area contributed by atoms with Crippen molar-refractivity contribution in [1.29, 1.82) is 5.26 Å². The number of anilines is 1.